The van der Waals surface area contributed by atoms with Crippen molar-refractivity contribution in [2.75, 3.05) is 33.2 Å². The summed E-state index contributed by atoms with van der Waals surface area (Å²) in [7, 11) is 1.66. The molecule has 0 radical (unpaired) electrons. The summed E-state index contributed by atoms with van der Waals surface area (Å²) in [5.74, 6) is 0.0745. The number of amides is 1. The van der Waals surface area contributed by atoms with E-state index in [2.05, 4.69) is 17.1 Å². The first kappa shape index (κ1) is 12.4. The van der Waals surface area contributed by atoms with Crippen LogP contribution in [0.4, 0.5) is 0 Å². The lowest BCUT2D eigenvalue weighted by Gasteiger charge is -2.19. The van der Waals surface area contributed by atoms with E-state index in [0.717, 1.165) is 25.9 Å². The van der Waals surface area contributed by atoms with Gasteiger partial charge in [0, 0.05) is 7.05 Å². The van der Waals surface area contributed by atoms with E-state index in [1.807, 2.05) is 0 Å². The van der Waals surface area contributed by atoms with Crippen molar-refractivity contribution in [2.45, 2.75) is 19.8 Å². The third kappa shape index (κ3) is 6.54. The van der Waals surface area contributed by atoms with Crippen LogP contribution in [0.5, 0.6) is 0 Å². The van der Waals surface area contributed by atoms with Crippen LogP contribution in [0.25, 0.3) is 0 Å². The number of hydrogen-bond donors (Lipinski definition) is 2. The van der Waals surface area contributed by atoms with Gasteiger partial charge in [-0.2, -0.15) is 0 Å². The van der Waals surface area contributed by atoms with Gasteiger partial charge in [-0.25, -0.2) is 0 Å². The molecule has 0 bridgehead atoms. The van der Waals surface area contributed by atoms with Crippen LogP contribution in [0.3, 0.4) is 0 Å². The highest BCUT2D eigenvalue weighted by atomic mass is 16.1. The summed E-state index contributed by atoms with van der Waals surface area (Å²) in [4.78, 5) is 13.2. The van der Waals surface area contributed by atoms with E-state index >= 15 is 0 Å². The molecule has 0 fully saturated rings. The van der Waals surface area contributed by atoms with Crippen molar-refractivity contribution in [2.24, 2.45) is 5.73 Å². The molecule has 13 heavy (non-hydrogen) atoms. The number of rotatable bonds is 7. The molecule has 0 aliphatic carbocycles. The van der Waals surface area contributed by atoms with Crippen LogP contribution in [0.2, 0.25) is 0 Å². The Morgan fingerprint density at radius 2 is 2.15 bits per heavy atom. The molecule has 0 aromatic rings. The Balaban J connectivity index is 3.71. The molecule has 0 aliphatic heterocycles. The summed E-state index contributed by atoms with van der Waals surface area (Å²) in [5, 5.41) is 2.62. The zero-order valence-corrected chi connectivity index (χ0v) is 8.68. The van der Waals surface area contributed by atoms with Crippen molar-refractivity contribution in [1.29, 1.82) is 0 Å². The van der Waals surface area contributed by atoms with Crippen molar-refractivity contribution >= 4 is 5.91 Å². The summed E-state index contributed by atoms with van der Waals surface area (Å²) in [6, 6.07) is 0. The molecular formula is C9H21N3O. The Morgan fingerprint density at radius 3 is 2.62 bits per heavy atom. The maximum absolute atomic E-state index is 11.1. The minimum atomic E-state index is 0.0745. The predicted octanol–water partition coefficient (Wildman–Crippen LogP) is -0.207. The molecule has 0 spiro atoms. The fourth-order valence-corrected chi connectivity index (χ4v) is 1.18. The lowest BCUT2D eigenvalue weighted by Crippen LogP contribution is -2.37. The summed E-state index contributed by atoms with van der Waals surface area (Å²) in [6.07, 6.45) is 2.03. The largest absolute Gasteiger partial charge is 0.358 e. The molecular weight excluding hydrogens is 166 g/mol. The molecule has 0 saturated carbocycles. The first-order valence-corrected chi connectivity index (χ1v) is 4.87. The number of nitrogens with zero attached hydrogens (tertiary/aromatic N) is 1. The Morgan fingerprint density at radius 1 is 1.46 bits per heavy atom. The fraction of sp³-hybridized carbons (Fsp3) is 0.889. The normalized spacial score (nSPS) is 10.5. The number of hydrogen-bond acceptors (Lipinski definition) is 3. The van der Waals surface area contributed by atoms with Crippen molar-refractivity contribution in [3.05, 3.63) is 0 Å². The molecule has 0 atom stereocenters. The average molecular weight is 187 g/mol. The number of nitrogens with two attached hydrogens (primary N) is 1. The van der Waals surface area contributed by atoms with Crippen LogP contribution in [0, 0.1) is 0 Å². The van der Waals surface area contributed by atoms with Gasteiger partial charge in [-0.15, -0.1) is 0 Å². The maximum atomic E-state index is 11.1. The average Bonchev–Trinajstić information content (AvgIpc) is 2.14. The number of carbonyl (C=O) groups excluding carboxylic acids is 1. The van der Waals surface area contributed by atoms with Gasteiger partial charge in [0.05, 0.1) is 6.54 Å². The third-order valence-corrected chi connectivity index (χ3v) is 1.86. The van der Waals surface area contributed by atoms with E-state index in [9.17, 15) is 4.79 Å². The van der Waals surface area contributed by atoms with Crippen molar-refractivity contribution in [1.82, 2.24) is 10.2 Å². The van der Waals surface area contributed by atoms with Gasteiger partial charge in [0.1, 0.15) is 0 Å². The monoisotopic (exact) mass is 187 g/mol. The van der Waals surface area contributed by atoms with Crippen molar-refractivity contribution in [3.63, 3.8) is 0 Å². The molecule has 1 amide bonds. The Hall–Kier alpha value is -0.610. The molecule has 0 aliphatic rings. The zero-order chi connectivity index (χ0) is 10.1. The van der Waals surface area contributed by atoms with Gasteiger partial charge in [-0.3, -0.25) is 9.69 Å². The standard InChI is InChI=1S/C9H21N3O/c1-3-6-12(7-4-5-10)8-9(13)11-2/h3-8,10H2,1-2H3,(H,11,13). The molecule has 0 saturated heterocycles. The van der Waals surface area contributed by atoms with Crippen LogP contribution in [-0.2, 0) is 4.79 Å². The highest BCUT2D eigenvalue weighted by Gasteiger charge is 2.07. The second-order valence-electron chi connectivity index (χ2n) is 3.09. The predicted molar refractivity (Wildman–Crippen MR) is 54.5 cm³/mol. The second kappa shape index (κ2) is 8.01. The number of carbonyl (C=O) groups is 1. The number of likely N-dealkylation sites (N-methyl/N-ethyl adjacent to an activating group) is 1. The van der Waals surface area contributed by atoms with Gasteiger partial charge < -0.3 is 11.1 Å². The fourth-order valence-electron chi connectivity index (χ4n) is 1.18. The highest BCUT2D eigenvalue weighted by molar-refractivity contribution is 5.77. The van der Waals surface area contributed by atoms with Crippen molar-refractivity contribution in [3.8, 4) is 0 Å². The van der Waals surface area contributed by atoms with Gasteiger partial charge >= 0.3 is 0 Å². The first-order chi connectivity index (χ1) is 6.24. The van der Waals surface area contributed by atoms with E-state index in [1.54, 1.807) is 7.05 Å². The maximum Gasteiger partial charge on any atom is 0.233 e. The van der Waals surface area contributed by atoms with E-state index in [4.69, 9.17) is 5.73 Å². The van der Waals surface area contributed by atoms with Gasteiger partial charge in [0.25, 0.3) is 0 Å². The van der Waals surface area contributed by atoms with Gasteiger partial charge in [0.15, 0.2) is 0 Å². The van der Waals surface area contributed by atoms with E-state index < -0.39 is 0 Å². The molecule has 0 aromatic heterocycles. The second-order valence-corrected chi connectivity index (χ2v) is 3.09. The Kier molecular flexibility index (Phi) is 7.63. The highest BCUT2D eigenvalue weighted by Crippen LogP contribution is 1.92. The smallest absolute Gasteiger partial charge is 0.233 e. The zero-order valence-electron chi connectivity index (χ0n) is 8.68. The van der Waals surface area contributed by atoms with E-state index in [1.165, 1.54) is 0 Å². The van der Waals surface area contributed by atoms with Crippen LogP contribution in [0.1, 0.15) is 19.8 Å². The topological polar surface area (TPSA) is 58.4 Å². The Labute approximate surface area is 80.5 Å². The van der Waals surface area contributed by atoms with Crippen LogP contribution in [0.15, 0.2) is 0 Å². The number of nitrogens with one attached hydrogen (secondary N) is 1. The minimum absolute atomic E-state index is 0.0745. The minimum Gasteiger partial charge on any atom is -0.358 e. The lowest BCUT2D eigenvalue weighted by molar-refractivity contribution is -0.121. The molecule has 3 N–H and O–H groups in total. The first-order valence-electron chi connectivity index (χ1n) is 4.87. The van der Waals surface area contributed by atoms with Gasteiger partial charge in [-0.1, -0.05) is 6.92 Å². The van der Waals surface area contributed by atoms with Crippen LogP contribution < -0.4 is 11.1 Å². The quantitative estimate of drug-likeness (QED) is 0.580. The van der Waals surface area contributed by atoms with Crippen LogP contribution in [-0.4, -0.2) is 44.0 Å². The molecule has 4 nitrogen and oxygen atoms in total. The molecule has 0 aromatic carbocycles. The molecule has 78 valence electrons. The van der Waals surface area contributed by atoms with Crippen molar-refractivity contribution < 1.29 is 4.79 Å². The lowest BCUT2D eigenvalue weighted by atomic mass is 10.3. The SMILES string of the molecule is CCCN(CCCN)CC(=O)NC. The molecule has 4 heteroatoms. The third-order valence-electron chi connectivity index (χ3n) is 1.86. The van der Waals surface area contributed by atoms with Gasteiger partial charge in [0.2, 0.25) is 5.91 Å². The van der Waals surface area contributed by atoms with Crippen LogP contribution >= 0.6 is 0 Å². The molecule has 0 rings (SSSR count). The summed E-state index contributed by atoms with van der Waals surface area (Å²) in [5.41, 5.74) is 5.41. The summed E-state index contributed by atoms with van der Waals surface area (Å²) < 4.78 is 0. The van der Waals surface area contributed by atoms with Gasteiger partial charge in [-0.05, 0) is 32.5 Å². The molecule has 0 heterocycles. The Bertz CT molecular complexity index is 139. The summed E-state index contributed by atoms with van der Waals surface area (Å²) in [6.45, 7) is 5.17. The van der Waals surface area contributed by atoms with E-state index in [0.29, 0.717) is 13.1 Å². The summed E-state index contributed by atoms with van der Waals surface area (Å²) >= 11 is 0. The van der Waals surface area contributed by atoms with E-state index in [-0.39, 0.29) is 5.91 Å². The molecule has 0 unspecified atom stereocenters.